The van der Waals surface area contributed by atoms with Gasteiger partial charge >= 0.3 is 0 Å². The number of carbonyl (C=O) groups excluding carboxylic acids is 1. The number of hydrogen-bond donors (Lipinski definition) is 2. The molecule has 0 heterocycles. The van der Waals surface area contributed by atoms with Crippen molar-refractivity contribution in [3.63, 3.8) is 0 Å². The smallest absolute Gasteiger partial charge is 0.267 e. The van der Waals surface area contributed by atoms with Gasteiger partial charge < -0.3 is 10.6 Å². The highest BCUT2D eigenvalue weighted by molar-refractivity contribution is 14.1. The van der Waals surface area contributed by atoms with Crippen LogP contribution in [-0.4, -0.2) is 5.91 Å². The summed E-state index contributed by atoms with van der Waals surface area (Å²) in [6, 6.07) is 13.0. The lowest BCUT2D eigenvalue weighted by atomic mass is 10.2. The van der Waals surface area contributed by atoms with Crippen molar-refractivity contribution in [3.05, 3.63) is 69.2 Å². The lowest BCUT2D eigenvalue weighted by Gasteiger charge is -2.08. The van der Waals surface area contributed by atoms with Crippen molar-refractivity contribution < 1.29 is 9.18 Å². The molecule has 4 nitrogen and oxygen atoms in total. The van der Waals surface area contributed by atoms with Gasteiger partial charge in [0.15, 0.2) is 0 Å². The Labute approximate surface area is 147 Å². The highest BCUT2D eigenvalue weighted by atomic mass is 127. The van der Waals surface area contributed by atoms with Crippen molar-refractivity contribution in [1.29, 1.82) is 5.26 Å². The van der Waals surface area contributed by atoms with Crippen molar-refractivity contribution in [2.45, 2.75) is 6.92 Å². The molecule has 0 bridgehead atoms. The second kappa shape index (κ2) is 7.74. The maximum atomic E-state index is 12.8. The lowest BCUT2D eigenvalue weighted by Crippen LogP contribution is -2.15. The summed E-state index contributed by atoms with van der Waals surface area (Å²) in [7, 11) is 0. The number of nitriles is 1. The zero-order valence-electron chi connectivity index (χ0n) is 12.2. The topological polar surface area (TPSA) is 64.9 Å². The predicted molar refractivity (Wildman–Crippen MR) is 96.2 cm³/mol. The second-order valence-corrected chi connectivity index (χ2v) is 5.98. The number of hydrogen-bond acceptors (Lipinski definition) is 3. The van der Waals surface area contributed by atoms with Crippen LogP contribution in [-0.2, 0) is 4.79 Å². The molecule has 0 aliphatic carbocycles. The monoisotopic (exact) mass is 421 g/mol. The standard InChI is InChI=1S/C17H13FIN3O/c1-11-8-14(19)4-7-16(11)22-17(23)12(9-20)10-21-15-5-2-13(18)3-6-15/h2-8,10,21H,1H3,(H,22,23)/b12-10-. The first-order valence-corrected chi connectivity index (χ1v) is 7.77. The van der Waals surface area contributed by atoms with Crippen LogP contribution in [0.3, 0.4) is 0 Å². The summed E-state index contributed by atoms with van der Waals surface area (Å²) < 4.78 is 13.9. The Bertz CT molecular complexity index is 794. The molecule has 0 radical (unpaired) electrons. The zero-order chi connectivity index (χ0) is 16.8. The molecule has 2 rings (SSSR count). The van der Waals surface area contributed by atoms with E-state index in [0.717, 1.165) is 9.13 Å². The molecule has 0 aliphatic rings. The van der Waals surface area contributed by atoms with E-state index in [0.29, 0.717) is 11.4 Å². The van der Waals surface area contributed by atoms with Crippen LogP contribution in [0.5, 0.6) is 0 Å². The van der Waals surface area contributed by atoms with E-state index in [1.807, 2.05) is 25.1 Å². The Hall–Kier alpha value is -2.40. The number of halogens is 2. The Morgan fingerprint density at radius 3 is 2.57 bits per heavy atom. The van der Waals surface area contributed by atoms with Crippen LogP contribution < -0.4 is 10.6 Å². The number of rotatable bonds is 4. The van der Waals surface area contributed by atoms with Crippen molar-refractivity contribution in [2.75, 3.05) is 10.6 Å². The van der Waals surface area contributed by atoms with E-state index in [-0.39, 0.29) is 11.4 Å². The first-order chi connectivity index (χ1) is 11.0. The maximum absolute atomic E-state index is 12.8. The summed E-state index contributed by atoms with van der Waals surface area (Å²) in [6.45, 7) is 1.88. The third kappa shape index (κ3) is 4.79. The first kappa shape index (κ1) is 17.0. The molecule has 2 N–H and O–H groups in total. The number of carbonyl (C=O) groups is 1. The summed E-state index contributed by atoms with van der Waals surface area (Å²) in [5.74, 6) is -0.863. The molecule has 0 saturated heterocycles. The third-order valence-corrected chi connectivity index (χ3v) is 3.70. The fourth-order valence-corrected chi connectivity index (χ4v) is 2.45. The molecule has 2 aromatic rings. The quantitative estimate of drug-likeness (QED) is 0.442. The molecule has 2 aromatic carbocycles. The average Bonchev–Trinajstić information content (AvgIpc) is 2.52. The third-order valence-electron chi connectivity index (χ3n) is 3.03. The molecule has 0 fully saturated rings. The molecule has 0 spiro atoms. The van der Waals surface area contributed by atoms with E-state index in [9.17, 15) is 9.18 Å². The fourth-order valence-electron chi connectivity index (χ4n) is 1.81. The van der Waals surface area contributed by atoms with Crippen LogP contribution in [0, 0.1) is 27.6 Å². The van der Waals surface area contributed by atoms with Crippen molar-refractivity contribution in [1.82, 2.24) is 0 Å². The minimum absolute atomic E-state index is 0.0766. The van der Waals surface area contributed by atoms with Crippen molar-refractivity contribution >= 4 is 39.9 Å². The highest BCUT2D eigenvalue weighted by Gasteiger charge is 2.10. The SMILES string of the molecule is Cc1cc(I)ccc1NC(=O)/C(C#N)=C\Nc1ccc(F)cc1. The van der Waals surface area contributed by atoms with Crippen LogP contribution in [0.15, 0.2) is 54.2 Å². The van der Waals surface area contributed by atoms with Crippen LogP contribution >= 0.6 is 22.6 Å². The lowest BCUT2D eigenvalue weighted by molar-refractivity contribution is -0.112. The van der Waals surface area contributed by atoms with Crippen LogP contribution in [0.4, 0.5) is 15.8 Å². The molecule has 0 aliphatic heterocycles. The van der Waals surface area contributed by atoms with Crippen molar-refractivity contribution in [3.8, 4) is 6.07 Å². The van der Waals surface area contributed by atoms with Gasteiger partial charge in [0.1, 0.15) is 17.5 Å². The molecule has 23 heavy (non-hydrogen) atoms. The van der Waals surface area contributed by atoms with Gasteiger partial charge in [-0.1, -0.05) is 0 Å². The molecule has 1 amide bonds. The van der Waals surface area contributed by atoms with E-state index in [2.05, 4.69) is 33.2 Å². The van der Waals surface area contributed by atoms with Crippen LogP contribution in [0.25, 0.3) is 0 Å². The maximum Gasteiger partial charge on any atom is 0.267 e. The number of nitrogens with one attached hydrogen (secondary N) is 2. The van der Waals surface area contributed by atoms with Gasteiger partial charge in [-0.05, 0) is 77.5 Å². The van der Waals surface area contributed by atoms with E-state index in [4.69, 9.17) is 5.26 Å². The van der Waals surface area contributed by atoms with Gasteiger partial charge in [0.25, 0.3) is 5.91 Å². The van der Waals surface area contributed by atoms with Crippen molar-refractivity contribution in [2.24, 2.45) is 0 Å². The fraction of sp³-hybridized carbons (Fsp3) is 0.0588. The summed E-state index contributed by atoms with van der Waals surface area (Å²) in [5, 5.41) is 14.6. The van der Waals surface area contributed by atoms with E-state index < -0.39 is 5.91 Å². The van der Waals surface area contributed by atoms with Gasteiger partial charge in [0.05, 0.1) is 0 Å². The normalized spacial score (nSPS) is 10.8. The number of benzene rings is 2. The average molecular weight is 421 g/mol. The molecule has 116 valence electrons. The number of amides is 1. The largest absolute Gasteiger partial charge is 0.360 e. The van der Waals surface area contributed by atoms with E-state index in [1.165, 1.54) is 30.5 Å². The highest BCUT2D eigenvalue weighted by Crippen LogP contribution is 2.18. The number of anilines is 2. The molecule has 0 aromatic heterocycles. The predicted octanol–water partition coefficient (Wildman–Crippen LogP) is 4.20. The van der Waals surface area contributed by atoms with Gasteiger partial charge in [0, 0.05) is 21.1 Å². The summed E-state index contributed by atoms with van der Waals surface area (Å²) in [5.41, 5.74) is 2.07. The zero-order valence-corrected chi connectivity index (χ0v) is 14.4. The minimum atomic E-state index is -0.508. The number of nitrogens with zero attached hydrogens (tertiary/aromatic N) is 1. The molecule has 0 saturated carbocycles. The molecule has 6 heteroatoms. The van der Waals surface area contributed by atoms with Gasteiger partial charge in [-0.15, -0.1) is 0 Å². The van der Waals surface area contributed by atoms with E-state index in [1.54, 1.807) is 6.07 Å². The van der Waals surface area contributed by atoms with Gasteiger partial charge in [0.2, 0.25) is 0 Å². The summed E-state index contributed by atoms with van der Waals surface area (Å²) in [4.78, 5) is 12.2. The Morgan fingerprint density at radius 2 is 1.96 bits per heavy atom. The van der Waals surface area contributed by atoms with Gasteiger partial charge in [-0.25, -0.2) is 4.39 Å². The summed E-state index contributed by atoms with van der Waals surface area (Å²) >= 11 is 2.19. The van der Waals surface area contributed by atoms with E-state index >= 15 is 0 Å². The van der Waals surface area contributed by atoms with Crippen LogP contribution in [0.1, 0.15) is 5.56 Å². The van der Waals surface area contributed by atoms with Gasteiger partial charge in [-0.3, -0.25) is 4.79 Å². The molecular formula is C17H13FIN3O. The second-order valence-electron chi connectivity index (χ2n) is 4.73. The first-order valence-electron chi connectivity index (χ1n) is 6.69. The minimum Gasteiger partial charge on any atom is -0.360 e. The number of aryl methyl sites for hydroxylation is 1. The molecule has 0 atom stereocenters. The Balaban J connectivity index is 2.10. The molecular weight excluding hydrogens is 408 g/mol. The molecule has 0 unspecified atom stereocenters. The van der Waals surface area contributed by atoms with Gasteiger partial charge in [-0.2, -0.15) is 5.26 Å². The Kier molecular flexibility index (Phi) is 5.71. The van der Waals surface area contributed by atoms with Crippen LogP contribution in [0.2, 0.25) is 0 Å². The summed E-state index contributed by atoms with van der Waals surface area (Å²) in [6.07, 6.45) is 1.30. The Morgan fingerprint density at radius 1 is 1.26 bits per heavy atom.